The number of piperazine rings is 1. The van der Waals surface area contributed by atoms with E-state index in [0.717, 1.165) is 50.5 Å². The topological polar surface area (TPSA) is 44.8 Å². The fourth-order valence-electron chi connectivity index (χ4n) is 3.93. The zero-order valence-electron chi connectivity index (χ0n) is 16.8. The second kappa shape index (κ2) is 8.65. The molecule has 2 aliphatic rings. The molecule has 0 saturated carbocycles. The van der Waals surface area contributed by atoms with E-state index in [1.54, 1.807) is 6.92 Å². The molecule has 1 atom stereocenters. The number of amides is 1. The van der Waals surface area contributed by atoms with Crippen molar-refractivity contribution in [2.75, 3.05) is 38.1 Å². The summed E-state index contributed by atoms with van der Waals surface area (Å²) in [6.45, 7) is 6.26. The normalized spacial score (nSPS) is 18.0. The number of halogens is 3. The fourth-order valence-corrected chi connectivity index (χ4v) is 3.93. The number of hydrogen-bond acceptors (Lipinski definition) is 4. The number of carbonyl (C=O) groups is 1. The monoisotopic (exact) mass is 419 g/mol. The predicted molar refractivity (Wildman–Crippen MR) is 107 cm³/mol. The van der Waals surface area contributed by atoms with Crippen molar-refractivity contribution in [2.45, 2.75) is 25.9 Å². The van der Waals surface area contributed by atoms with E-state index in [0.29, 0.717) is 13.1 Å². The lowest BCUT2D eigenvalue weighted by molar-refractivity contribution is -0.121. The molecule has 5 nitrogen and oxygen atoms in total. The van der Waals surface area contributed by atoms with E-state index >= 15 is 0 Å². The molecule has 8 heteroatoms. The van der Waals surface area contributed by atoms with E-state index in [9.17, 15) is 18.0 Å². The van der Waals surface area contributed by atoms with Crippen LogP contribution in [0.25, 0.3) is 0 Å². The van der Waals surface area contributed by atoms with Gasteiger partial charge in [0.2, 0.25) is 5.91 Å². The van der Waals surface area contributed by atoms with Gasteiger partial charge in [0.15, 0.2) is 17.5 Å². The van der Waals surface area contributed by atoms with Crippen LogP contribution in [0.1, 0.15) is 18.1 Å². The van der Waals surface area contributed by atoms with Crippen molar-refractivity contribution in [1.29, 1.82) is 0 Å². The van der Waals surface area contributed by atoms with Gasteiger partial charge in [0.25, 0.3) is 0 Å². The number of benzene rings is 2. The van der Waals surface area contributed by atoms with E-state index in [1.165, 1.54) is 11.1 Å². The Kier molecular flexibility index (Phi) is 5.97. The minimum absolute atomic E-state index is 0.357. The maximum atomic E-state index is 13.8. The summed E-state index contributed by atoms with van der Waals surface area (Å²) < 4.78 is 45.8. The van der Waals surface area contributed by atoms with Crippen molar-refractivity contribution >= 4 is 11.6 Å². The number of rotatable bonds is 5. The maximum Gasteiger partial charge on any atom is 0.241 e. The molecule has 1 N–H and O–H groups in total. The van der Waals surface area contributed by atoms with Gasteiger partial charge in [-0.3, -0.25) is 14.6 Å². The van der Waals surface area contributed by atoms with Gasteiger partial charge in [-0.05, 0) is 36.2 Å². The Morgan fingerprint density at radius 1 is 1.10 bits per heavy atom. The van der Waals surface area contributed by atoms with Crippen molar-refractivity contribution in [3.05, 3.63) is 58.9 Å². The van der Waals surface area contributed by atoms with Gasteiger partial charge in [-0.2, -0.15) is 0 Å². The summed E-state index contributed by atoms with van der Waals surface area (Å²) in [7, 11) is 0. The zero-order chi connectivity index (χ0) is 21.3. The van der Waals surface area contributed by atoms with Gasteiger partial charge in [0.1, 0.15) is 5.75 Å². The molecule has 2 aliphatic heterocycles. The summed E-state index contributed by atoms with van der Waals surface area (Å²) >= 11 is 0. The van der Waals surface area contributed by atoms with Crippen molar-refractivity contribution in [3.8, 4) is 5.75 Å². The average Bonchev–Trinajstić information content (AvgIpc) is 3.22. The third-order valence-electron chi connectivity index (χ3n) is 5.79. The van der Waals surface area contributed by atoms with E-state index in [4.69, 9.17) is 4.74 Å². The molecular formula is C22H24F3N3O2. The average molecular weight is 419 g/mol. The number of nitrogens with zero attached hydrogens (tertiary/aromatic N) is 2. The summed E-state index contributed by atoms with van der Waals surface area (Å²) in [6.07, 6.45) is 0.947. The quantitative estimate of drug-likeness (QED) is 0.757. The third-order valence-corrected chi connectivity index (χ3v) is 5.79. The van der Waals surface area contributed by atoms with Crippen molar-refractivity contribution in [3.63, 3.8) is 0 Å². The lowest BCUT2D eigenvalue weighted by atomic mass is 10.1. The molecule has 1 fully saturated rings. The lowest BCUT2D eigenvalue weighted by Gasteiger charge is -2.37. The lowest BCUT2D eigenvalue weighted by Crippen LogP contribution is -2.52. The second-order valence-corrected chi connectivity index (χ2v) is 7.74. The largest absolute Gasteiger partial charge is 0.493 e. The van der Waals surface area contributed by atoms with Crippen molar-refractivity contribution in [1.82, 2.24) is 9.80 Å². The molecule has 2 heterocycles. The molecule has 0 unspecified atom stereocenters. The minimum atomic E-state index is -1.59. The number of anilines is 1. The first kappa shape index (κ1) is 20.7. The van der Waals surface area contributed by atoms with Gasteiger partial charge >= 0.3 is 0 Å². The Labute approximate surface area is 173 Å². The zero-order valence-corrected chi connectivity index (χ0v) is 16.8. The van der Waals surface area contributed by atoms with Crippen LogP contribution in [0.3, 0.4) is 0 Å². The van der Waals surface area contributed by atoms with Gasteiger partial charge in [-0.15, -0.1) is 0 Å². The summed E-state index contributed by atoms with van der Waals surface area (Å²) in [6, 6.07) is 7.61. The van der Waals surface area contributed by atoms with Gasteiger partial charge in [0.05, 0.1) is 18.3 Å². The van der Waals surface area contributed by atoms with Gasteiger partial charge < -0.3 is 10.1 Å². The fraction of sp³-hybridized carbons (Fsp3) is 0.409. The van der Waals surface area contributed by atoms with Crippen LogP contribution in [-0.2, 0) is 17.8 Å². The SMILES string of the molecule is C[C@@H](C(=O)Nc1ccc(F)c(F)c1F)N1CCN(Cc2ccc3c(c2)CCO3)CC1. The van der Waals surface area contributed by atoms with Crippen LogP contribution in [0.5, 0.6) is 5.75 Å². The van der Waals surface area contributed by atoms with E-state index in [2.05, 4.69) is 22.3 Å². The Morgan fingerprint density at radius 2 is 1.87 bits per heavy atom. The molecule has 30 heavy (non-hydrogen) atoms. The van der Waals surface area contributed by atoms with Gasteiger partial charge in [-0.25, -0.2) is 13.2 Å². The molecule has 0 bridgehead atoms. The number of fused-ring (bicyclic) bond motifs is 1. The predicted octanol–water partition coefficient (Wildman–Crippen LogP) is 3.18. The first-order chi connectivity index (χ1) is 14.4. The molecule has 0 aromatic heterocycles. The molecule has 0 radical (unpaired) electrons. The standard InChI is InChI=1S/C22H24F3N3O2/c1-14(22(29)26-18-4-3-17(23)20(24)21(18)25)28-9-7-27(8-10-28)13-15-2-5-19-16(12-15)6-11-30-19/h2-5,12,14H,6-11,13H2,1H3,(H,26,29)/t14-/m0/s1. The maximum absolute atomic E-state index is 13.8. The Morgan fingerprint density at radius 3 is 2.63 bits per heavy atom. The van der Waals surface area contributed by atoms with Crippen LogP contribution >= 0.6 is 0 Å². The van der Waals surface area contributed by atoms with E-state index in [-0.39, 0.29) is 5.69 Å². The Bertz CT molecular complexity index is 945. The molecule has 1 amide bonds. The van der Waals surface area contributed by atoms with Crippen LogP contribution in [0.2, 0.25) is 0 Å². The molecular weight excluding hydrogens is 395 g/mol. The molecule has 2 aromatic rings. The number of ether oxygens (including phenoxy) is 1. The molecule has 0 spiro atoms. The molecule has 1 saturated heterocycles. The number of hydrogen-bond donors (Lipinski definition) is 1. The first-order valence-corrected chi connectivity index (χ1v) is 10.1. The van der Waals surface area contributed by atoms with Gasteiger partial charge in [-0.1, -0.05) is 12.1 Å². The summed E-state index contributed by atoms with van der Waals surface area (Å²) in [4.78, 5) is 16.8. The molecule has 0 aliphatic carbocycles. The highest BCUT2D eigenvalue weighted by Gasteiger charge is 2.27. The number of carbonyl (C=O) groups excluding carboxylic acids is 1. The second-order valence-electron chi connectivity index (χ2n) is 7.74. The highest BCUT2D eigenvalue weighted by atomic mass is 19.2. The molecule has 2 aromatic carbocycles. The summed E-state index contributed by atoms with van der Waals surface area (Å²) in [5.41, 5.74) is 2.14. The molecule has 160 valence electrons. The highest BCUT2D eigenvalue weighted by molar-refractivity contribution is 5.94. The third kappa shape index (κ3) is 4.29. The first-order valence-electron chi connectivity index (χ1n) is 10.1. The Balaban J connectivity index is 1.30. The van der Waals surface area contributed by atoms with Crippen LogP contribution in [0.4, 0.5) is 18.9 Å². The van der Waals surface area contributed by atoms with E-state index < -0.39 is 29.4 Å². The number of nitrogens with one attached hydrogen (secondary N) is 1. The van der Waals surface area contributed by atoms with Crippen LogP contribution in [-0.4, -0.2) is 54.5 Å². The molecule has 4 rings (SSSR count). The van der Waals surface area contributed by atoms with Crippen molar-refractivity contribution < 1.29 is 22.7 Å². The Hall–Kier alpha value is -2.58. The van der Waals surface area contributed by atoms with Crippen LogP contribution in [0, 0.1) is 17.5 Å². The van der Waals surface area contributed by atoms with Crippen LogP contribution < -0.4 is 10.1 Å². The summed E-state index contributed by atoms with van der Waals surface area (Å²) in [5.74, 6) is -3.74. The highest BCUT2D eigenvalue weighted by Crippen LogP contribution is 2.26. The summed E-state index contributed by atoms with van der Waals surface area (Å²) in [5, 5.41) is 2.36. The smallest absolute Gasteiger partial charge is 0.241 e. The van der Waals surface area contributed by atoms with Crippen LogP contribution in [0.15, 0.2) is 30.3 Å². The van der Waals surface area contributed by atoms with E-state index in [1.807, 2.05) is 11.0 Å². The van der Waals surface area contributed by atoms with Crippen molar-refractivity contribution in [2.24, 2.45) is 0 Å². The minimum Gasteiger partial charge on any atom is -0.493 e. The van der Waals surface area contributed by atoms with Gasteiger partial charge in [0, 0.05) is 39.1 Å².